The van der Waals surface area contributed by atoms with E-state index < -0.39 is 32.5 Å². The Bertz CT molecular complexity index is 1060. The summed E-state index contributed by atoms with van der Waals surface area (Å²) in [6.07, 6.45) is 2.00. The number of rotatable bonds is 8. The maximum absolute atomic E-state index is 11.9. The number of nitrogens with one attached hydrogen (secondary N) is 1. The summed E-state index contributed by atoms with van der Waals surface area (Å²) < 4.78 is 17.1. The third-order valence-electron chi connectivity index (χ3n) is 4.34. The Kier molecular flexibility index (Phi) is 6.02. The highest BCUT2D eigenvalue weighted by Gasteiger charge is 2.25. The van der Waals surface area contributed by atoms with Crippen LogP contribution in [-0.4, -0.2) is 49.2 Å². The van der Waals surface area contributed by atoms with Crippen LogP contribution in [0, 0.1) is 0 Å². The SMILES string of the molecule is C[C@@H](O)[C@@H](COP(=O)(O)O)Nc1c(C(N)=O)cnn2cc(-c3ccccc3)cc12. The summed E-state index contributed by atoms with van der Waals surface area (Å²) in [5.74, 6) is -0.745. The monoisotopic (exact) mass is 420 g/mol. The fourth-order valence-corrected chi connectivity index (χ4v) is 3.20. The summed E-state index contributed by atoms with van der Waals surface area (Å²) >= 11 is 0. The number of nitrogens with zero attached hydrogens (tertiary/aromatic N) is 2. The Morgan fingerprint density at radius 3 is 2.59 bits per heavy atom. The van der Waals surface area contributed by atoms with Gasteiger partial charge in [0.15, 0.2) is 0 Å². The predicted octanol–water partition coefficient (Wildman–Crippen LogP) is 1.37. The largest absolute Gasteiger partial charge is 0.469 e. The van der Waals surface area contributed by atoms with Crippen molar-refractivity contribution >= 4 is 24.9 Å². The van der Waals surface area contributed by atoms with Crippen molar-refractivity contribution in [2.24, 2.45) is 5.73 Å². The molecule has 29 heavy (non-hydrogen) atoms. The van der Waals surface area contributed by atoms with Crippen molar-refractivity contribution in [1.29, 1.82) is 0 Å². The second-order valence-electron chi connectivity index (χ2n) is 6.50. The number of aliphatic hydroxyl groups excluding tert-OH is 1. The predicted molar refractivity (Wildman–Crippen MR) is 106 cm³/mol. The third kappa shape index (κ3) is 5.00. The Morgan fingerprint density at radius 1 is 1.31 bits per heavy atom. The first-order chi connectivity index (χ1) is 13.7. The maximum Gasteiger partial charge on any atom is 0.469 e. The quantitative estimate of drug-likeness (QED) is 0.342. The van der Waals surface area contributed by atoms with Crippen LogP contribution in [0.3, 0.4) is 0 Å². The van der Waals surface area contributed by atoms with Crippen LogP contribution in [0.15, 0.2) is 48.8 Å². The molecule has 1 amide bonds. The number of hydrogen-bond donors (Lipinski definition) is 5. The number of primary amides is 1. The Hall–Kier alpha value is -2.75. The second-order valence-corrected chi connectivity index (χ2v) is 7.74. The van der Waals surface area contributed by atoms with Gasteiger partial charge < -0.3 is 25.9 Å². The van der Waals surface area contributed by atoms with Crippen LogP contribution >= 0.6 is 7.82 Å². The molecule has 0 fully saturated rings. The number of nitrogens with two attached hydrogens (primary N) is 1. The molecule has 0 radical (unpaired) electrons. The molecule has 0 spiro atoms. The number of carbonyl (C=O) groups excluding carboxylic acids is 1. The van der Waals surface area contributed by atoms with Gasteiger partial charge in [0, 0.05) is 11.8 Å². The smallest absolute Gasteiger partial charge is 0.391 e. The van der Waals surface area contributed by atoms with Crippen molar-refractivity contribution in [2.45, 2.75) is 19.1 Å². The lowest BCUT2D eigenvalue weighted by atomic mass is 10.1. The maximum atomic E-state index is 11.9. The number of aromatic nitrogens is 2. The van der Waals surface area contributed by atoms with Crippen LogP contribution in [0.2, 0.25) is 0 Å². The number of carbonyl (C=O) groups is 1. The lowest BCUT2D eigenvalue weighted by molar-refractivity contribution is 0.0998. The van der Waals surface area contributed by atoms with Gasteiger partial charge in [0.1, 0.15) is 0 Å². The Labute approximate surface area is 166 Å². The number of benzene rings is 1. The van der Waals surface area contributed by atoms with E-state index in [2.05, 4.69) is 14.9 Å². The molecular weight excluding hydrogens is 399 g/mol. The number of anilines is 1. The molecule has 0 aliphatic rings. The summed E-state index contributed by atoms with van der Waals surface area (Å²) in [5, 5.41) is 17.2. The van der Waals surface area contributed by atoms with Gasteiger partial charge in [0.05, 0.1) is 41.7 Å². The minimum atomic E-state index is -4.74. The summed E-state index contributed by atoms with van der Waals surface area (Å²) in [5.41, 5.74) is 8.08. The van der Waals surface area contributed by atoms with Crippen molar-refractivity contribution < 1.29 is 28.8 Å². The van der Waals surface area contributed by atoms with Gasteiger partial charge in [-0.1, -0.05) is 30.3 Å². The van der Waals surface area contributed by atoms with Gasteiger partial charge in [0.25, 0.3) is 5.91 Å². The number of aliphatic hydroxyl groups is 1. The van der Waals surface area contributed by atoms with E-state index in [1.807, 2.05) is 30.3 Å². The van der Waals surface area contributed by atoms with Crippen molar-refractivity contribution in [3.63, 3.8) is 0 Å². The first-order valence-electron chi connectivity index (χ1n) is 8.67. The molecule has 2 aromatic heterocycles. The van der Waals surface area contributed by atoms with E-state index in [1.165, 1.54) is 13.1 Å². The summed E-state index contributed by atoms with van der Waals surface area (Å²) in [4.78, 5) is 29.8. The van der Waals surface area contributed by atoms with Gasteiger partial charge in [0.2, 0.25) is 0 Å². The van der Waals surface area contributed by atoms with Gasteiger partial charge >= 0.3 is 7.82 Å². The van der Waals surface area contributed by atoms with Crippen LogP contribution in [0.4, 0.5) is 5.69 Å². The van der Waals surface area contributed by atoms with Crippen LogP contribution in [0.25, 0.3) is 16.6 Å². The molecule has 10 nitrogen and oxygen atoms in total. The van der Waals surface area contributed by atoms with Crippen LogP contribution < -0.4 is 11.1 Å². The van der Waals surface area contributed by atoms with Gasteiger partial charge in [-0.3, -0.25) is 9.32 Å². The van der Waals surface area contributed by atoms with Gasteiger partial charge in [-0.15, -0.1) is 0 Å². The highest BCUT2D eigenvalue weighted by Crippen LogP contribution is 2.36. The Balaban J connectivity index is 2.05. The number of hydrogen-bond acceptors (Lipinski definition) is 6. The van der Waals surface area contributed by atoms with E-state index >= 15 is 0 Å². The van der Waals surface area contributed by atoms with Crippen molar-refractivity contribution in [3.8, 4) is 11.1 Å². The average Bonchev–Trinajstić information content (AvgIpc) is 3.09. The van der Waals surface area contributed by atoms with Crippen LogP contribution in [-0.2, 0) is 9.09 Å². The highest BCUT2D eigenvalue weighted by atomic mass is 31.2. The zero-order valence-electron chi connectivity index (χ0n) is 15.5. The molecule has 0 bridgehead atoms. The zero-order chi connectivity index (χ0) is 21.2. The standard InChI is InChI=1S/C18H21N4O6P/c1-11(23)15(10-28-29(25,26)27)21-17-14(18(19)24)8-20-22-9-13(7-16(17)22)12-5-3-2-4-6-12/h2-9,11,15,21,23H,10H2,1H3,(H2,19,24)(H2,25,26,27)/t11-,15-/m1/s1. The Morgan fingerprint density at radius 2 is 2.00 bits per heavy atom. The third-order valence-corrected chi connectivity index (χ3v) is 4.83. The van der Waals surface area contributed by atoms with Crippen molar-refractivity contribution in [3.05, 3.63) is 54.4 Å². The van der Waals surface area contributed by atoms with E-state index in [0.717, 1.165) is 11.1 Å². The molecule has 1 aromatic carbocycles. The molecule has 0 unspecified atom stereocenters. The number of amides is 1. The molecule has 3 rings (SSSR count). The van der Waals surface area contributed by atoms with Gasteiger partial charge in [-0.2, -0.15) is 5.10 Å². The molecule has 6 N–H and O–H groups in total. The summed E-state index contributed by atoms with van der Waals surface area (Å²) in [6, 6.07) is 10.4. The van der Waals surface area contributed by atoms with Crippen molar-refractivity contribution in [1.82, 2.24) is 9.61 Å². The fraction of sp³-hybridized carbons (Fsp3) is 0.222. The molecule has 0 aliphatic heterocycles. The number of fused-ring (bicyclic) bond motifs is 1. The second kappa shape index (κ2) is 8.32. The number of phosphoric acid groups is 1. The van der Waals surface area contributed by atoms with E-state index in [4.69, 9.17) is 15.5 Å². The lowest BCUT2D eigenvalue weighted by Gasteiger charge is -2.24. The normalized spacial score (nSPS) is 13.9. The highest BCUT2D eigenvalue weighted by molar-refractivity contribution is 7.46. The zero-order valence-corrected chi connectivity index (χ0v) is 16.4. The van der Waals surface area contributed by atoms with E-state index in [1.54, 1.807) is 16.8 Å². The van der Waals surface area contributed by atoms with Crippen molar-refractivity contribution in [2.75, 3.05) is 11.9 Å². The summed E-state index contributed by atoms with van der Waals surface area (Å²) in [7, 11) is -4.74. The average molecular weight is 420 g/mol. The molecule has 2 atom stereocenters. The molecule has 2 heterocycles. The first-order valence-corrected chi connectivity index (χ1v) is 10.2. The fourth-order valence-electron chi connectivity index (χ4n) is 2.85. The van der Waals surface area contributed by atoms with Crippen LogP contribution in [0.5, 0.6) is 0 Å². The van der Waals surface area contributed by atoms with E-state index in [-0.39, 0.29) is 11.3 Å². The minimum absolute atomic E-state index is 0.0667. The molecule has 3 aromatic rings. The molecule has 0 saturated heterocycles. The molecule has 0 aliphatic carbocycles. The number of phosphoric ester groups is 1. The lowest BCUT2D eigenvalue weighted by Crippen LogP contribution is -2.36. The molecule has 0 saturated carbocycles. The first kappa shape index (κ1) is 21.0. The molecule has 154 valence electrons. The van der Waals surface area contributed by atoms with Gasteiger partial charge in [-0.25, -0.2) is 9.08 Å². The topological polar surface area (TPSA) is 159 Å². The van der Waals surface area contributed by atoms with Crippen LogP contribution in [0.1, 0.15) is 17.3 Å². The molecular formula is C18H21N4O6P. The minimum Gasteiger partial charge on any atom is -0.391 e. The van der Waals surface area contributed by atoms with E-state index in [0.29, 0.717) is 5.52 Å². The summed E-state index contributed by atoms with van der Waals surface area (Å²) in [6.45, 7) is 0.928. The van der Waals surface area contributed by atoms with Gasteiger partial charge in [-0.05, 0) is 18.6 Å². The molecule has 11 heteroatoms. The van der Waals surface area contributed by atoms with E-state index in [9.17, 15) is 14.5 Å².